The molecule has 19 heterocycles. The molecule has 0 spiro atoms. The highest BCUT2D eigenvalue weighted by Crippen LogP contribution is 2.42. The smallest absolute Gasteiger partial charge is 0.336 e. The Hall–Kier alpha value is -14.4. The second-order valence-corrected chi connectivity index (χ2v) is 37.6. The number of nitrogens with one attached hydrogen (secondary N) is 6. The summed E-state index contributed by atoms with van der Waals surface area (Å²) in [6.45, 7) is 8.03. The van der Waals surface area contributed by atoms with Crippen molar-refractivity contribution in [2.75, 3.05) is 128 Å². The molecule has 38 heteroatoms. The van der Waals surface area contributed by atoms with Gasteiger partial charge >= 0.3 is 5.97 Å². The van der Waals surface area contributed by atoms with Crippen molar-refractivity contribution in [3.8, 4) is 81.7 Å². The Morgan fingerprint density at radius 1 is 0.496 bits per heavy atom. The Kier molecular flexibility index (Phi) is 27.4. The number of anilines is 7. The topological polar surface area (TPSA) is 432 Å². The zero-order valence-corrected chi connectivity index (χ0v) is 79.0. The zero-order chi connectivity index (χ0) is 93.5. The van der Waals surface area contributed by atoms with E-state index in [1.165, 1.54) is 56.4 Å². The van der Waals surface area contributed by atoms with E-state index in [0.717, 1.165) is 208 Å². The molecule has 0 bridgehead atoms. The quantitative estimate of drug-likeness (QED) is 0.0380. The lowest BCUT2D eigenvalue weighted by atomic mass is 9.97. The number of ether oxygens (including phenoxy) is 1. The molecule has 22 rings (SSSR count). The number of benzene rings is 3. The number of aromatic nitrogens is 17. The van der Waals surface area contributed by atoms with E-state index < -0.39 is 5.97 Å². The number of hydrogen-bond acceptors (Lipinski definition) is 29. The number of nitrogen functional groups attached to an aromatic ring is 4. The normalized spacial score (nSPS) is 16.1. The number of hydrogen-bond donors (Lipinski definition) is 11. The third-order valence-corrected chi connectivity index (χ3v) is 28.2. The maximum absolute atomic E-state index is 12.2. The van der Waals surface area contributed by atoms with E-state index in [1.54, 1.807) is 85.4 Å². The van der Waals surface area contributed by atoms with Gasteiger partial charge < -0.3 is 74.5 Å². The van der Waals surface area contributed by atoms with Gasteiger partial charge in [-0.15, -0.1) is 45.3 Å². The number of rotatable bonds is 18. The second kappa shape index (κ2) is 40.6. The number of methoxy groups -OCH3 is 1. The first-order chi connectivity index (χ1) is 65.7. The van der Waals surface area contributed by atoms with E-state index in [9.17, 15) is 14.4 Å². The molecular weight excluding hydrogens is 1780 g/mol. The van der Waals surface area contributed by atoms with Crippen LogP contribution in [0.4, 0.5) is 40.5 Å². The fourth-order valence-corrected chi connectivity index (χ4v) is 20.9. The number of amides is 2. The first-order valence-corrected chi connectivity index (χ1v) is 48.2. The standard InChI is InChI=1S/C25H25N7O.C21H21N5S.C18H22N6OS.C17H20N6OS.C16H17N5O2S/c1-30(2)20-9-6-8-19(14-20)28-24-25-29-22(17-7-5-10-21(13-17)33-4)23(32(25)12-11-26-24)18-15-27-31(3)16-18;22-20-21-25-17(15-7-4-9-23-11-15)13-26(21)18(12-24-20)19-16(8-10-27-19)14-5-2-1-3-6-14;1-23(2)18(25)12-6-15(26-10-12)14-8-21-16(19)17-22-13(9-24(14)17)11-4-3-5-20-7-11;1-19-17(24)11-5-14(25-9-11)13-7-21-15(18)16-22-12(8-23(13)16)10-3-2-4-20-6-10;17-14-15-20-11(9-2-1-3-18-5-9)7-21(15)12(6-19-14)13-4-10(8-24-13)16(22)23/h5-16H,1-4H3,(H,26,28);1-3,5-6,8,10,12-13,15,23H,4,7,9,11H2,(H2,22,24);6,8-11,20H,3-5,7H2,1-2H3,(H2,19,21);5,7-10,20H,2-4,6H2,1H3,(H2,18,21)(H,19,24);4,6-9,18H,1-3,5H2,(H2,17,19)(H,22,23)/t;15-;11-;10-;9-/m.0000/s1. The van der Waals surface area contributed by atoms with Gasteiger partial charge in [0.15, 0.2) is 57.3 Å². The van der Waals surface area contributed by atoms with Crippen molar-refractivity contribution in [2.24, 2.45) is 7.05 Å². The summed E-state index contributed by atoms with van der Waals surface area (Å²) in [7, 11) is 12.7. The number of carboxylic acid groups (broad SMARTS) is 1. The molecule has 15 aromatic heterocycles. The van der Waals surface area contributed by atoms with E-state index >= 15 is 0 Å². The van der Waals surface area contributed by atoms with Gasteiger partial charge in [-0.25, -0.2) is 54.6 Å². The van der Waals surface area contributed by atoms with E-state index in [-0.39, 0.29) is 17.4 Å². The molecule has 4 aliphatic heterocycles. The minimum atomic E-state index is -0.934. The molecule has 3 aromatic carbocycles. The molecule has 0 unspecified atom stereocenters. The highest BCUT2D eigenvalue weighted by atomic mass is 32.1. The largest absolute Gasteiger partial charge is 0.497 e. The lowest BCUT2D eigenvalue weighted by molar-refractivity contribution is 0.0696. The number of carbonyl (C=O) groups is 3. The van der Waals surface area contributed by atoms with Crippen LogP contribution in [0.5, 0.6) is 5.75 Å². The van der Waals surface area contributed by atoms with Crippen LogP contribution in [0.15, 0.2) is 199 Å². The number of carbonyl (C=O) groups excluding carboxylic acids is 2. The van der Waals surface area contributed by atoms with E-state index in [0.29, 0.717) is 80.8 Å². The molecule has 135 heavy (non-hydrogen) atoms. The predicted molar refractivity (Wildman–Crippen MR) is 537 cm³/mol. The molecule has 18 aromatic rings. The summed E-state index contributed by atoms with van der Waals surface area (Å²) in [5.74, 6) is 3.70. The number of nitrogens with two attached hydrogens (primary N) is 4. The number of piperidine rings is 4. The minimum Gasteiger partial charge on any atom is -0.497 e. The summed E-state index contributed by atoms with van der Waals surface area (Å²) in [6, 6.07) is 34.2. The van der Waals surface area contributed by atoms with Crippen LogP contribution in [0.25, 0.3) is 104 Å². The maximum atomic E-state index is 12.2. The molecule has 34 nitrogen and oxygen atoms in total. The van der Waals surface area contributed by atoms with Crippen molar-refractivity contribution in [2.45, 2.75) is 75.0 Å². The average Bonchev–Trinajstić information content (AvgIpc) is 1.60. The number of fused-ring (bicyclic) bond motifs is 5. The highest BCUT2D eigenvalue weighted by Gasteiger charge is 2.29. The van der Waals surface area contributed by atoms with E-state index in [4.69, 9.17) is 52.7 Å². The van der Waals surface area contributed by atoms with Crippen molar-refractivity contribution < 1.29 is 24.2 Å². The summed E-state index contributed by atoms with van der Waals surface area (Å²) in [5, 5.41) is 40.8. The number of carboxylic acids is 1. The molecule has 4 aliphatic rings. The Morgan fingerprint density at radius 2 is 0.970 bits per heavy atom. The number of thiophene rings is 4. The van der Waals surface area contributed by atoms with Crippen LogP contribution in [0.1, 0.15) is 129 Å². The molecular formula is C97H105N29O5S4. The van der Waals surface area contributed by atoms with Crippen LogP contribution < -0.4 is 64.5 Å². The van der Waals surface area contributed by atoms with Crippen LogP contribution in [-0.4, -0.2) is 204 Å². The number of nitrogens with zero attached hydrogens (tertiary/aromatic N) is 19. The summed E-state index contributed by atoms with van der Waals surface area (Å²) in [6.07, 6.45) is 32.0. The lowest BCUT2D eigenvalue weighted by Crippen LogP contribution is -2.28. The third-order valence-electron chi connectivity index (χ3n) is 24.4. The molecule has 0 saturated carbocycles. The van der Waals surface area contributed by atoms with Crippen LogP contribution in [0, 0.1) is 0 Å². The van der Waals surface area contributed by atoms with Crippen molar-refractivity contribution in [1.29, 1.82) is 0 Å². The Bertz CT molecular complexity index is 7270. The lowest BCUT2D eigenvalue weighted by Gasteiger charge is -2.20. The highest BCUT2D eigenvalue weighted by molar-refractivity contribution is 7.15. The van der Waals surface area contributed by atoms with E-state index in [1.807, 2.05) is 131 Å². The SMILES string of the molecule is CN(C)C(=O)c1csc(-c2cnc(N)c3nc([C@H]4CCCNC4)cn23)c1.CNC(=O)c1csc(-c2cnc(N)c3nc([C@H]4CCCNC4)cn23)c1.COc1cccc(-c2nc3c(Nc4cccc(N(C)C)c4)nccn3c2-c2cnn(C)c2)c1.Nc1ncc(-c2cc(C(=O)O)cs2)n2cc([C@H]3CCCNC3)nc12.Nc1ncc(-c2sccc2-c2ccccc2)n2cc([C@H]3CCCNC3)nc12. The summed E-state index contributed by atoms with van der Waals surface area (Å²) >= 11 is 6.13. The first kappa shape index (κ1) is 91.1. The third kappa shape index (κ3) is 19.7. The molecule has 692 valence electrons. The molecule has 0 radical (unpaired) electrons. The van der Waals surface area contributed by atoms with Gasteiger partial charge in [0.05, 0.1) is 131 Å². The number of imidazole rings is 5. The fourth-order valence-electron chi connectivity index (χ4n) is 17.3. The molecule has 2 amide bonds. The monoisotopic (exact) mass is 1880 g/mol. The molecule has 4 saturated heterocycles. The Labute approximate surface area is 794 Å². The molecule has 15 N–H and O–H groups in total. The van der Waals surface area contributed by atoms with Crippen LogP contribution >= 0.6 is 45.3 Å². The molecule has 4 atom stereocenters. The molecule has 4 fully saturated rings. The Morgan fingerprint density at radius 3 is 1.43 bits per heavy atom. The second-order valence-electron chi connectivity index (χ2n) is 33.9. The van der Waals surface area contributed by atoms with Gasteiger partial charge in [-0.05, 0) is 143 Å². The van der Waals surface area contributed by atoms with E-state index in [2.05, 4.69) is 147 Å². The van der Waals surface area contributed by atoms with Gasteiger partial charge in [0.25, 0.3) is 11.8 Å². The van der Waals surface area contributed by atoms with Gasteiger partial charge in [-0.3, -0.25) is 36.3 Å². The van der Waals surface area contributed by atoms with Crippen molar-refractivity contribution >= 4 is 132 Å². The van der Waals surface area contributed by atoms with Gasteiger partial charge in [-0.2, -0.15) is 5.10 Å². The van der Waals surface area contributed by atoms with Crippen LogP contribution in [0.3, 0.4) is 0 Å². The zero-order valence-electron chi connectivity index (χ0n) is 75.7. The van der Waals surface area contributed by atoms with Gasteiger partial charge in [0.1, 0.15) is 5.75 Å². The van der Waals surface area contributed by atoms with Gasteiger partial charge in [0, 0.05) is 180 Å². The van der Waals surface area contributed by atoms with Gasteiger partial charge in [0.2, 0.25) is 0 Å². The molecule has 0 aliphatic carbocycles. The number of aromatic carboxylic acids is 1. The average molecular weight is 1890 g/mol. The number of aryl methyl sites for hydroxylation is 1. The van der Waals surface area contributed by atoms with Crippen molar-refractivity contribution in [3.05, 3.63) is 238 Å². The first-order valence-electron chi connectivity index (χ1n) is 44.7. The van der Waals surface area contributed by atoms with Crippen LogP contribution in [-0.2, 0) is 7.05 Å². The van der Waals surface area contributed by atoms with Crippen molar-refractivity contribution in [1.82, 2.24) is 113 Å². The summed E-state index contributed by atoms with van der Waals surface area (Å²) in [5.41, 5.74) is 45.3. The maximum Gasteiger partial charge on any atom is 0.336 e. The fraction of sp³-hybridized carbons (Fsp3) is 0.278. The summed E-state index contributed by atoms with van der Waals surface area (Å²) in [4.78, 5) is 88.7. The van der Waals surface area contributed by atoms with Gasteiger partial charge in [-0.1, -0.05) is 48.5 Å². The van der Waals surface area contributed by atoms with Crippen LogP contribution in [0.2, 0.25) is 0 Å². The minimum absolute atomic E-state index is 0.00764. The summed E-state index contributed by atoms with van der Waals surface area (Å²) < 4.78 is 17.3. The van der Waals surface area contributed by atoms with Crippen molar-refractivity contribution in [3.63, 3.8) is 0 Å². The Balaban J connectivity index is 0.000000113. The predicted octanol–water partition coefficient (Wildman–Crippen LogP) is 15.1.